The molecule has 88 valence electrons. The molecule has 1 atom stereocenters. The number of likely N-dealkylation sites (N-methyl/N-ethyl adjacent to an activating group) is 1. The second-order valence-corrected chi connectivity index (χ2v) is 4.36. The molecule has 0 fully saturated rings. The largest absolute Gasteiger partial charge is 0.359 e. The molecule has 1 aromatic carbocycles. The van der Waals surface area contributed by atoms with E-state index in [2.05, 4.69) is 6.07 Å². The number of benzene rings is 1. The Labute approximate surface area is 101 Å². The van der Waals surface area contributed by atoms with Gasteiger partial charge in [-0.05, 0) is 30.7 Å². The van der Waals surface area contributed by atoms with Crippen LogP contribution in [0.25, 0.3) is 0 Å². The predicted molar refractivity (Wildman–Crippen MR) is 67.0 cm³/mol. The topological polar surface area (TPSA) is 47.3 Å². The molecule has 0 bridgehead atoms. The minimum absolute atomic E-state index is 0.119. The van der Waals surface area contributed by atoms with Crippen LogP contribution in [0.3, 0.4) is 0 Å². The third kappa shape index (κ3) is 1.84. The lowest BCUT2D eigenvalue weighted by Gasteiger charge is -2.22. The van der Waals surface area contributed by atoms with Gasteiger partial charge in [0, 0.05) is 25.5 Å². The van der Waals surface area contributed by atoms with Crippen LogP contribution in [0.4, 0.5) is 11.4 Å². The maximum atomic E-state index is 11.6. The van der Waals surface area contributed by atoms with Crippen LogP contribution in [0.5, 0.6) is 0 Å². The lowest BCUT2D eigenvalue weighted by Crippen LogP contribution is -2.27. The maximum absolute atomic E-state index is 11.6. The first-order valence-electron chi connectivity index (χ1n) is 5.56. The van der Waals surface area contributed by atoms with Crippen molar-refractivity contribution < 1.29 is 4.79 Å². The van der Waals surface area contributed by atoms with Crippen LogP contribution in [-0.2, 0) is 11.2 Å². The van der Waals surface area contributed by atoms with Gasteiger partial charge < -0.3 is 9.80 Å². The molecular formula is C13H15N3O. The van der Waals surface area contributed by atoms with E-state index in [1.165, 1.54) is 0 Å². The second-order valence-electron chi connectivity index (χ2n) is 4.36. The number of anilines is 2. The SMILES string of the molecule is CC(C#N)N(C)c1ccc2c(c1)CC(=O)N2C. The van der Waals surface area contributed by atoms with E-state index in [0.717, 1.165) is 16.9 Å². The van der Waals surface area contributed by atoms with E-state index in [1.54, 1.807) is 11.9 Å². The smallest absolute Gasteiger partial charge is 0.231 e. The summed E-state index contributed by atoms with van der Waals surface area (Å²) in [6.45, 7) is 1.85. The van der Waals surface area contributed by atoms with Crippen molar-refractivity contribution in [1.82, 2.24) is 0 Å². The summed E-state index contributed by atoms with van der Waals surface area (Å²) in [6, 6.07) is 7.90. The third-order valence-electron chi connectivity index (χ3n) is 3.32. The first-order valence-corrected chi connectivity index (χ1v) is 5.56. The molecule has 1 amide bonds. The number of nitrogens with zero attached hydrogens (tertiary/aromatic N) is 3. The summed E-state index contributed by atoms with van der Waals surface area (Å²) in [4.78, 5) is 15.1. The molecule has 0 radical (unpaired) electrons. The summed E-state index contributed by atoms with van der Waals surface area (Å²) < 4.78 is 0. The van der Waals surface area contributed by atoms with Crippen LogP contribution in [0, 0.1) is 11.3 Å². The minimum Gasteiger partial charge on any atom is -0.359 e. The molecule has 1 aromatic rings. The van der Waals surface area contributed by atoms with Gasteiger partial charge in [0.1, 0.15) is 6.04 Å². The highest BCUT2D eigenvalue weighted by atomic mass is 16.2. The van der Waals surface area contributed by atoms with Crippen LogP contribution >= 0.6 is 0 Å². The van der Waals surface area contributed by atoms with Crippen molar-refractivity contribution in [3.05, 3.63) is 23.8 Å². The molecule has 17 heavy (non-hydrogen) atoms. The van der Waals surface area contributed by atoms with Crippen molar-refractivity contribution in [3.8, 4) is 6.07 Å². The fourth-order valence-corrected chi connectivity index (χ4v) is 1.99. The predicted octanol–water partition coefficient (Wildman–Crippen LogP) is 1.55. The second kappa shape index (κ2) is 4.10. The van der Waals surface area contributed by atoms with Gasteiger partial charge in [-0.3, -0.25) is 4.79 Å². The third-order valence-corrected chi connectivity index (χ3v) is 3.32. The summed E-state index contributed by atoms with van der Waals surface area (Å²) in [6.07, 6.45) is 0.453. The zero-order valence-electron chi connectivity index (χ0n) is 10.3. The molecule has 1 unspecified atom stereocenters. The van der Waals surface area contributed by atoms with Gasteiger partial charge in [0.05, 0.1) is 12.5 Å². The number of hydrogen-bond donors (Lipinski definition) is 0. The Kier molecular flexibility index (Phi) is 2.76. The van der Waals surface area contributed by atoms with E-state index in [-0.39, 0.29) is 11.9 Å². The normalized spacial score (nSPS) is 15.4. The average molecular weight is 229 g/mol. The van der Waals surface area contributed by atoms with Crippen molar-refractivity contribution in [2.24, 2.45) is 0 Å². The summed E-state index contributed by atoms with van der Waals surface area (Å²) in [5, 5.41) is 8.89. The number of carbonyl (C=O) groups excluding carboxylic acids is 1. The van der Waals surface area contributed by atoms with Gasteiger partial charge in [-0.25, -0.2) is 0 Å². The molecule has 0 saturated carbocycles. The Hall–Kier alpha value is -2.02. The molecule has 2 rings (SSSR count). The van der Waals surface area contributed by atoms with E-state index in [0.29, 0.717) is 6.42 Å². The molecule has 1 aliphatic heterocycles. The fraction of sp³-hybridized carbons (Fsp3) is 0.385. The first-order chi connectivity index (χ1) is 8.04. The Balaban J connectivity index is 2.34. The lowest BCUT2D eigenvalue weighted by molar-refractivity contribution is -0.117. The lowest BCUT2D eigenvalue weighted by atomic mass is 10.1. The average Bonchev–Trinajstić information content (AvgIpc) is 2.62. The standard InChI is InChI=1S/C13H15N3O/c1-9(8-14)15(2)11-4-5-12-10(6-11)7-13(17)16(12)3/h4-6,9H,7H2,1-3H3. The van der Waals surface area contributed by atoms with Crippen molar-refractivity contribution in [2.45, 2.75) is 19.4 Å². The van der Waals surface area contributed by atoms with Gasteiger partial charge in [-0.15, -0.1) is 0 Å². The summed E-state index contributed by atoms with van der Waals surface area (Å²) in [5.41, 5.74) is 2.98. The van der Waals surface area contributed by atoms with Crippen LogP contribution in [0.1, 0.15) is 12.5 Å². The van der Waals surface area contributed by atoms with Crippen LogP contribution in [0.15, 0.2) is 18.2 Å². The van der Waals surface area contributed by atoms with Crippen molar-refractivity contribution in [3.63, 3.8) is 0 Å². The van der Waals surface area contributed by atoms with E-state index in [1.807, 2.05) is 37.1 Å². The molecule has 4 heteroatoms. The number of hydrogen-bond acceptors (Lipinski definition) is 3. The molecule has 0 N–H and O–H groups in total. The molecule has 1 heterocycles. The minimum atomic E-state index is -0.178. The fourth-order valence-electron chi connectivity index (χ4n) is 1.99. The number of carbonyl (C=O) groups is 1. The Bertz CT molecular complexity index is 504. The number of nitriles is 1. The van der Waals surface area contributed by atoms with Gasteiger partial charge in [0.2, 0.25) is 5.91 Å². The monoisotopic (exact) mass is 229 g/mol. The zero-order valence-corrected chi connectivity index (χ0v) is 10.3. The number of rotatable bonds is 2. The van der Waals surface area contributed by atoms with Gasteiger partial charge >= 0.3 is 0 Å². The van der Waals surface area contributed by atoms with E-state index in [9.17, 15) is 4.79 Å². The van der Waals surface area contributed by atoms with Crippen LogP contribution < -0.4 is 9.80 Å². The highest BCUT2D eigenvalue weighted by Crippen LogP contribution is 2.31. The zero-order chi connectivity index (χ0) is 12.6. The quantitative estimate of drug-likeness (QED) is 0.773. The van der Waals surface area contributed by atoms with Gasteiger partial charge in [0.15, 0.2) is 0 Å². The summed E-state index contributed by atoms with van der Waals surface area (Å²) in [5.74, 6) is 0.119. The Morgan fingerprint density at radius 2 is 2.24 bits per heavy atom. The summed E-state index contributed by atoms with van der Waals surface area (Å²) >= 11 is 0. The van der Waals surface area contributed by atoms with Crippen molar-refractivity contribution in [1.29, 1.82) is 5.26 Å². The van der Waals surface area contributed by atoms with E-state index < -0.39 is 0 Å². The van der Waals surface area contributed by atoms with Crippen LogP contribution in [0.2, 0.25) is 0 Å². The van der Waals surface area contributed by atoms with Crippen molar-refractivity contribution >= 4 is 17.3 Å². The summed E-state index contributed by atoms with van der Waals surface area (Å²) in [7, 11) is 3.67. The Morgan fingerprint density at radius 3 is 2.88 bits per heavy atom. The molecule has 0 saturated heterocycles. The molecule has 4 nitrogen and oxygen atoms in total. The highest BCUT2D eigenvalue weighted by Gasteiger charge is 2.24. The van der Waals surface area contributed by atoms with Crippen LogP contribution in [-0.4, -0.2) is 26.0 Å². The Morgan fingerprint density at radius 1 is 1.53 bits per heavy atom. The maximum Gasteiger partial charge on any atom is 0.231 e. The molecular weight excluding hydrogens is 214 g/mol. The van der Waals surface area contributed by atoms with E-state index in [4.69, 9.17) is 5.26 Å². The van der Waals surface area contributed by atoms with E-state index >= 15 is 0 Å². The molecule has 0 aromatic heterocycles. The molecule has 1 aliphatic rings. The number of amides is 1. The number of fused-ring (bicyclic) bond motifs is 1. The highest BCUT2D eigenvalue weighted by molar-refractivity contribution is 6.01. The van der Waals surface area contributed by atoms with Crippen molar-refractivity contribution in [2.75, 3.05) is 23.9 Å². The van der Waals surface area contributed by atoms with Gasteiger partial charge in [0.25, 0.3) is 0 Å². The first kappa shape index (κ1) is 11.5. The van der Waals surface area contributed by atoms with Gasteiger partial charge in [-0.1, -0.05) is 0 Å². The molecule has 0 spiro atoms. The van der Waals surface area contributed by atoms with Gasteiger partial charge in [-0.2, -0.15) is 5.26 Å². The molecule has 0 aliphatic carbocycles.